The molecule has 0 aromatic heterocycles. The highest BCUT2D eigenvalue weighted by atomic mass is 16.3. The van der Waals surface area contributed by atoms with E-state index < -0.39 is 0 Å². The predicted molar refractivity (Wildman–Crippen MR) is 86.7 cm³/mol. The smallest absolute Gasteiger partial charge is 0.178 e. The molecule has 0 saturated heterocycles. The van der Waals surface area contributed by atoms with Crippen LogP contribution in [0.5, 0.6) is 0 Å². The molecule has 114 valence electrons. The first-order valence-electron chi connectivity index (χ1n) is 7.51. The summed E-state index contributed by atoms with van der Waals surface area (Å²) in [5.74, 6) is 0.0895. The molecule has 0 saturated carbocycles. The molecular weight excluding hydrogens is 248 g/mol. The van der Waals surface area contributed by atoms with Gasteiger partial charge < -0.3 is 5.11 Å². The fourth-order valence-electron chi connectivity index (χ4n) is 1.96. The molecule has 0 aromatic rings. The first kappa shape index (κ1) is 18.9. The summed E-state index contributed by atoms with van der Waals surface area (Å²) >= 11 is 0. The first-order valence-corrected chi connectivity index (χ1v) is 7.51. The van der Waals surface area contributed by atoms with Gasteiger partial charge in [0.05, 0.1) is 6.10 Å². The topological polar surface area (TPSA) is 37.3 Å². The third-order valence-electron chi connectivity index (χ3n) is 3.04. The van der Waals surface area contributed by atoms with Crippen LogP contribution in [0, 0.1) is 0 Å². The summed E-state index contributed by atoms with van der Waals surface area (Å²) in [6, 6.07) is 0. The highest BCUT2D eigenvalue weighted by Crippen LogP contribution is 2.13. The Hall–Kier alpha value is -1.15. The van der Waals surface area contributed by atoms with E-state index in [1.807, 2.05) is 27.7 Å². The number of hydrogen-bond acceptors (Lipinski definition) is 2. The maximum absolute atomic E-state index is 11.6. The van der Waals surface area contributed by atoms with Crippen molar-refractivity contribution in [2.45, 2.75) is 72.8 Å². The normalized spacial score (nSPS) is 14.1. The number of rotatable bonds is 9. The van der Waals surface area contributed by atoms with Crippen molar-refractivity contribution in [3.63, 3.8) is 0 Å². The number of aliphatic hydroxyl groups excluding tert-OH is 1. The Balaban J connectivity index is 4.02. The lowest BCUT2D eigenvalue weighted by Gasteiger charge is -2.04. The molecule has 0 heterocycles. The van der Waals surface area contributed by atoms with Crippen molar-refractivity contribution in [1.29, 1.82) is 0 Å². The van der Waals surface area contributed by atoms with Crippen molar-refractivity contribution >= 4 is 5.78 Å². The zero-order chi connectivity index (χ0) is 15.5. The Morgan fingerprint density at radius 1 is 1.05 bits per heavy atom. The molecule has 1 atom stereocenters. The van der Waals surface area contributed by atoms with E-state index in [-0.39, 0.29) is 11.9 Å². The quantitative estimate of drug-likeness (QED) is 0.488. The van der Waals surface area contributed by atoms with Gasteiger partial charge in [-0.25, -0.2) is 0 Å². The fraction of sp³-hybridized carbons (Fsp3) is 0.611. The zero-order valence-electron chi connectivity index (χ0n) is 13.7. The lowest BCUT2D eigenvalue weighted by Crippen LogP contribution is -1.97. The highest BCUT2D eigenvalue weighted by molar-refractivity contribution is 5.99. The van der Waals surface area contributed by atoms with Crippen LogP contribution < -0.4 is 0 Å². The standard InChI is InChI=1S/C18H30O2/c1-14(2)12-18(20)13-16(4)10-6-8-15(3)9-7-11-17(5)19/h9,12-13,17,19H,6-8,10-11H2,1-5H3/b15-9+,16-13-/t17-/m1/s1. The summed E-state index contributed by atoms with van der Waals surface area (Å²) in [5.41, 5.74) is 3.55. The molecule has 0 spiro atoms. The van der Waals surface area contributed by atoms with Crippen LogP contribution in [-0.4, -0.2) is 17.0 Å². The van der Waals surface area contributed by atoms with Gasteiger partial charge in [-0.2, -0.15) is 0 Å². The minimum absolute atomic E-state index is 0.0895. The summed E-state index contributed by atoms with van der Waals surface area (Å²) in [5, 5.41) is 9.19. The van der Waals surface area contributed by atoms with Gasteiger partial charge in [-0.05, 0) is 78.9 Å². The summed E-state index contributed by atoms with van der Waals surface area (Å²) in [4.78, 5) is 11.6. The molecule has 0 unspecified atom stereocenters. The van der Waals surface area contributed by atoms with Crippen molar-refractivity contribution < 1.29 is 9.90 Å². The Labute approximate surface area is 124 Å². The summed E-state index contributed by atoms with van der Waals surface area (Å²) in [6.45, 7) is 9.84. The molecule has 0 radical (unpaired) electrons. The van der Waals surface area contributed by atoms with Crippen LogP contribution in [0.25, 0.3) is 0 Å². The highest BCUT2D eigenvalue weighted by Gasteiger charge is 1.98. The second-order valence-electron chi connectivity index (χ2n) is 5.95. The van der Waals surface area contributed by atoms with Gasteiger partial charge in [0.1, 0.15) is 0 Å². The Morgan fingerprint density at radius 3 is 2.20 bits per heavy atom. The minimum Gasteiger partial charge on any atom is -0.393 e. The van der Waals surface area contributed by atoms with Gasteiger partial charge in [-0.15, -0.1) is 0 Å². The second-order valence-corrected chi connectivity index (χ2v) is 5.95. The summed E-state index contributed by atoms with van der Waals surface area (Å²) < 4.78 is 0. The molecule has 0 fully saturated rings. The molecule has 0 aliphatic rings. The van der Waals surface area contributed by atoms with Crippen LogP contribution in [0.4, 0.5) is 0 Å². The molecule has 0 aliphatic heterocycles. The summed E-state index contributed by atoms with van der Waals surface area (Å²) in [7, 11) is 0. The van der Waals surface area contributed by atoms with Gasteiger partial charge in [0.25, 0.3) is 0 Å². The van der Waals surface area contributed by atoms with E-state index in [0.717, 1.165) is 43.3 Å². The molecule has 0 bridgehead atoms. The van der Waals surface area contributed by atoms with Crippen LogP contribution in [-0.2, 0) is 4.79 Å². The SMILES string of the molecule is CC(C)=CC(=O)/C=C(/C)CCC/C(C)=C/CC[C@@H](C)O. The maximum Gasteiger partial charge on any atom is 0.178 e. The van der Waals surface area contributed by atoms with E-state index in [2.05, 4.69) is 13.0 Å². The number of ketones is 1. The van der Waals surface area contributed by atoms with Crippen LogP contribution >= 0.6 is 0 Å². The van der Waals surface area contributed by atoms with Crippen molar-refractivity contribution in [2.24, 2.45) is 0 Å². The van der Waals surface area contributed by atoms with Gasteiger partial charge in [0, 0.05) is 0 Å². The van der Waals surface area contributed by atoms with Crippen molar-refractivity contribution in [1.82, 2.24) is 0 Å². The molecule has 0 aliphatic carbocycles. The van der Waals surface area contributed by atoms with Crippen LogP contribution in [0.1, 0.15) is 66.7 Å². The van der Waals surface area contributed by atoms with Crippen molar-refractivity contribution in [3.8, 4) is 0 Å². The van der Waals surface area contributed by atoms with E-state index in [4.69, 9.17) is 0 Å². The number of aliphatic hydroxyl groups is 1. The Kier molecular flexibility index (Phi) is 10.0. The lowest BCUT2D eigenvalue weighted by molar-refractivity contribution is -0.110. The summed E-state index contributed by atoms with van der Waals surface area (Å²) in [6.07, 6.45) is 10.3. The van der Waals surface area contributed by atoms with Crippen LogP contribution in [0.2, 0.25) is 0 Å². The van der Waals surface area contributed by atoms with E-state index >= 15 is 0 Å². The molecular formula is C18H30O2. The average molecular weight is 278 g/mol. The molecule has 0 amide bonds. The Morgan fingerprint density at radius 2 is 1.65 bits per heavy atom. The fourth-order valence-corrected chi connectivity index (χ4v) is 1.96. The molecule has 2 heteroatoms. The van der Waals surface area contributed by atoms with E-state index in [1.54, 1.807) is 12.2 Å². The van der Waals surface area contributed by atoms with Gasteiger partial charge in [-0.1, -0.05) is 22.8 Å². The third kappa shape index (κ3) is 11.9. The average Bonchev–Trinajstić information content (AvgIpc) is 2.26. The number of hydrogen-bond donors (Lipinski definition) is 1. The van der Waals surface area contributed by atoms with Gasteiger partial charge in [0.15, 0.2) is 5.78 Å². The number of carbonyl (C=O) groups is 1. The molecule has 20 heavy (non-hydrogen) atoms. The monoisotopic (exact) mass is 278 g/mol. The van der Waals surface area contributed by atoms with E-state index in [0.29, 0.717) is 0 Å². The molecule has 1 N–H and O–H groups in total. The Bertz CT molecular complexity index is 380. The largest absolute Gasteiger partial charge is 0.393 e. The van der Waals surface area contributed by atoms with Gasteiger partial charge in [0.2, 0.25) is 0 Å². The molecule has 2 nitrogen and oxygen atoms in total. The van der Waals surface area contributed by atoms with Crippen molar-refractivity contribution in [2.75, 3.05) is 0 Å². The van der Waals surface area contributed by atoms with E-state index in [9.17, 15) is 9.90 Å². The van der Waals surface area contributed by atoms with Crippen LogP contribution in [0.15, 0.2) is 34.9 Å². The second kappa shape index (κ2) is 10.6. The van der Waals surface area contributed by atoms with E-state index in [1.165, 1.54) is 5.57 Å². The third-order valence-corrected chi connectivity index (χ3v) is 3.04. The lowest BCUT2D eigenvalue weighted by atomic mass is 10.0. The zero-order valence-corrected chi connectivity index (χ0v) is 13.7. The number of allylic oxidation sites excluding steroid dienone is 6. The molecule has 0 aromatic carbocycles. The maximum atomic E-state index is 11.6. The van der Waals surface area contributed by atoms with Gasteiger partial charge >= 0.3 is 0 Å². The molecule has 0 rings (SSSR count). The van der Waals surface area contributed by atoms with Crippen LogP contribution in [0.3, 0.4) is 0 Å². The number of carbonyl (C=O) groups excluding carboxylic acids is 1. The van der Waals surface area contributed by atoms with Gasteiger partial charge in [-0.3, -0.25) is 4.79 Å². The first-order chi connectivity index (χ1) is 9.31. The predicted octanol–water partition coefficient (Wildman–Crippen LogP) is 4.75. The van der Waals surface area contributed by atoms with Crippen molar-refractivity contribution in [3.05, 3.63) is 34.9 Å². The minimum atomic E-state index is -0.217.